The average Bonchev–Trinajstić information content (AvgIpc) is 3.24. The second-order valence-corrected chi connectivity index (χ2v) is 7.52. The van der Waals surface area contributed by atoms with E-state index in [9.17, 15) is 9.90 Å². The van der Waals surface area contributed by atoms with Crippen LogP contribution < -0.4 is 0 Å². The molecular weight excluding hydrogens is 302 g/mol. The van der Waals surface area contributed by atoms with Crippen LogP contribution in [0.5, 0.6) is 0 Å². The largest absolute Gasteiger partial charge is 0.393 e. The Kier molecular flexibility index (Phi) is 4.59. The van der Waals surface area contributed by atoms with Gasteiger partial charge in [0.2, 0.25) is 5.91 Å². The number of benzene rings is 1. The molecule has 0 aromatic heterocycles. The molecule has 3 atom stereocenters. The summed E-state index contributed by atoms with van der Waals surface area (Å²) in [5.74, 6) is 0.276. The number of carbonyl (C=O) groups is 1. The predicted molar refractivity (Wildman–Crippen MR) is 91.8 cm³/mol. The van der Waals surface area contributed by atoms with Crippen LogP contribution in [0.2, 0.25) is 0 Å². The van der Waals surface area contributed by atoms with E-state index < -0.39 is 0 Å². The van der Waals surface area contributed by atoms with Crippen LogP contribution in [0, 0.1) is 5.92 Å². The number of aliphatic hydroxyl groups is 1. The molecule has 1 aromatic rings. The molecule has 4 heteroatoms. The molecule has 1 aromatic carbocycles. The van der Waals surface area contributed by atoms with E-state index >= 15 is 0 Å². The van der Waals surface area contributed by atoms with Crippen LogP contribution in [-0.2, 0) is 28.8 Å². The van der Waals surface area contributed by atoms with E-state index in [0.717, 1.165) is 31.4 Å². The van der Waals surface area contributed by atoms with E-state index in [1.807, 2.05) is 4.90 Å². The van der Waals surface area contributed by atoms with Crippen molar-refractivity contribution in [2.45, 2.75) is 57.1 Å². The summed E-state index contributed by atoms with van der Waals surface area (Å²) in [6.07, 6.45) is 6.41. The fraction of sp³-hybridized carbons (Fsp3) is 0.650. The van der Waals surface area contributed by atoms with Crippen LogP contribution in [0.25, 0.3) is 0 Å². The molecule has 0 saturated carbocycles. The highest BCUT2D eigenvalue weighted by molar-refractivity contribution is 5.79. The Morgan fingerprint density at radius 2 is 2.08 bits per heavy atom. The van der Waals surface area contributed by atoms with Gasteiger partial charge in [0.1, 0.15) is 0 Å². The van der Waals surface area contributed by atoms with Gasteiger partial charge in [-0.1, -0.05) is 18.2 Å². The third-order valence-electron chi connectivity index (χ3n) is 5.99. The van der Waals surface area contributed by atoms with Crippen LogP contribution in [0.1, 0.15) is 42.4 Å². The molecule has 4 nitrogen and oxygen atoms in total. The summed E-state index contributed by atoms with van der Waals surface area (Å²) in [5, 5.41) is 10.3. The van der Waals surface area contributed by atoms with E-state index in [2.05, 4.69) is 18.2 Å². The number of fused-ring (bicyclic) bond motifs is 1. The van der Waals surface area contributed by atoms with Gasteiger partial charge in [-0.15, -0.1) is 0 Å². The lowest BCUT2D eigenvalue weighted by atomic mass is 9.89. The predicted octanol–water partition coefficient (Wildman–Crippen LogP) is 2.11. The molecule has 1 amide bonds. The van der Waals surface area contributed by atoms with Gasteiger partial charge in [-0.3, -0.25) is 4.79 Å². The Labute approximate surface area is 143 Å². The second kappa shape index (κ2) is 6.85. The number of rotatable bonds is 3. The van der Waals surface area contributed by atoms with Gasteiger partial charge in [-0.2, -0.15) is 0 Å². The molecule has 130 valence electrons. The Hall–Kier alpha value is -1.39. The number of aryl methyl sites for hydroxylation is 2. The number of ether oxygens (including phenoxy) is 1. The quantitative estimate of drug-likeness (QED) is 0.924. The maximum absolute atomic E-state index is 12.9. The van der Waals surface area contributed by atoms with Gasteiger partial charge in [0.05, 0.1) is 19.1 Å². The van der Waals surface area contributed by atoms with E-state index in [0.29, 0.717) is 26.1 Å². The van der Waals surface area contributed by atoms with Crippen molar-refractivity contribution >= 4 is 5.91 Å². The van der Waals surface area contributed by atoms with Gasteiger partial charge in [0.15, 0.2) is 0 Å². The highest BCUT2D eigenvalue weighted by Crippen LogP contribution is 2.30. The fourth-order valence-electron chi connectivity index (χ4n) is 4.67. The highest BCUT2D eigenvalue weighted by atomic mass is 16.5. The zero-order valence-corrected chi connectivity index (χ0v) is 14.2. The molecule has 3 unspecified atom stereocenters. The van der Waals surface area contributed by atoms with E-state index in [-0.39, 0.29) is 24.0 Å². The molecule has 2 saturated heterocycles. The van der Waals surface area contributed by atoms with Gasteiger partial charge < -0.3 is 14.7 Å². The Balaban J connectivity index is 1.45. The molecule has 2 heterocycles. The molecule has 24 heavy (non-hydrogen) atoms. The maximum atomic E-state index is 12.9. The van der Waals surface area contributed by atoms with Crippen molar-refractivity contribution in [2.75, 3.05) is 19.8 Å². The van der Waals surface area contributed by atoms with Crippen molar-refractivity contribution < 1.29 is 14.6 Å². The summed E-state index contributed by atoms with van der Waals surface area (Å²) < 4.78 is 5.56. The van der Waals surface area contributed by atoms with E-state index in [1.165, 1.54) is 24.0 Å². The Morgan fingerprint density at radius 3 is 2.96 bits per heavy atom. The van der Waals surface area contributed by atoms with Gasteiger partial charge >= 0.3 is 0 Å². The smallest absolute Gasteiger partial charge is 0.227 e. The molecule has 0 radical (unpaired) electrons. The number of hydrogen-bond acceptors (Lipinski definition) is 3. The molecule has 4 rings (SSSR count). The zero-order valence-electron chi connectivity index (χ0n) is 14.2. The van der Waals surface area contributed by atoms with Crippen LogP contribution in [0.15, 0.2) is 18.2 Å². The second-order valence-electron chi connectivity index (χ2n) is 7.52. The molecule has 0 bridgehead atoms. The van der Waals surface area contributed by atoms with Crippen LogP contribution in [-0.4, -0.2) is 47.8 Å². The summed E-state index contributed by atoms with van der Waals surface area (Å²) in [5.41, 5.74) is 4.01. The van der Waals surface area contributed by atoms with Gasteiger partial charge in [-0.05, 0) is 55.2 Å². The normalized spacial score (nSPS) is 29.7. The van der Waals surface area contributed by atoms with Crippen LogP contribution >= 0.6 is 0 Å². The molecule has 1 aliphatic carbocycles. The monoisotopic (exact) mass is 329 g/mol. The van der Waals surface area contributed by atoms with Crippen molar-refractivity contribution in [3.63, 3.8) is 0 Å². The lowest BCUT2D eigenvalue weighted by molar-refractivity contribution is -0.135. The minimum atomic E-state index is -0.336. The number of likely N-dealkylation sites (tertiary alicyclic amines) is 1. The van der Waals surface area contributed by atoms with Gasteiger partial charge in [0, 0.05) is 25.1 Å². The summed E-state index contributed by atoms with van der Waals surface area (Å²) in [6.45, 7) is 2.03. The Morgan fingerprint density at radius 1 is 1.21 bits per heavy atom. The average molecular weight is 329 g/mol. The molecular formula is C20H27NO3. The van der Waals surface area contributed by atoms with Gasteiger partial charge in [-0.25, -0.2) is 0 Å². The van der Waals surface area contributed by atoms with Crippen molar-refractivity contribution in [2.24, 2.45) is 5.92 Å². The topological polar surface area (TPSA) is 49.8 Å². The fourth-order valence-corrected chi connectivity index (χ4v) is 4.67. The molecule has 2 aliphatic heterocycles. The minimum Gasteiger partial charge on any atom is -0.393 e. The summed E-state index contributed by atoms with van der Waals surface area (Å²) in [4.78, 5) is 14.9. The summed E-state index contributed by atoms with van der Waals surface area (Å²) in [6, 6.07) is 6.68. The number of amides is 1. The highest BCUT2D eigenvalue weighted by Gasteiger charge is 2.39. The lowest BCUT2D eigenvalue weighted by Crippen LogP contribution is -2.48. The summed E-state index contributed by atoms with van der Waals surface area (Å²) in [7, 11) is 0. The lowest BCUT2D eigenvalue weighted by Gasteiger charge is -2.37. The van der Waals surface area contributed by atoms with Crippen LogP contribution in [0.3, 0.4) is 0 Å². The first-order chi connectivity index (χ1) is 11.7. The van der Waals surface area contributed by atoms with Crippen molar-refractivity contribution in [1.29, 1.82) is 0 Å². The minimum absolute atomic E-state index is 0.0743. The van der Waals surface area contributed by atoms with Gasteiger partial charge in [0.25, 0.3) is 0 Å². The molecule has 0 spiro atoms. The van der Waals surface area contributed by atoms with Crippen molar-refractivity contribution in [3.8, 4) is 0 Å². The molecule has 3 aliphatic rings. The zero-order chi connectivity index (χ0) is 16.5. The third kappa shape index (κ3) is 3.09. The number of carbonyl (C=O) groups excluding carboxylic acids is 1. The first-order valence-electron chi connectivity index (χ1n) is 9.38. The standard InChI is InChI=1S/C20H27NO3/c22-19-8-10-24-13-17(19)18-5-2-9-21(18)20(23)12-14-6-7-15-3-1-4-16(15)11-14/h6-7,11,17-19,22H,1-5,8-10,12-13H2. The first-order valence-corrected chi connectivity index (χ1v) is 9.38. The number of nitrogens with zero attached hydrogens (tertiary/aromatic N) is 1. The molecule has 2 fully saturated rings. The maximum Gasteiger partial charge on any atom is 0.227 e. The SMILES string of the molecule is O=C(Cc1ccc2c(c1)CCC2)N1CCCC1C1COCCC1O. The van der Waals surface area contributed by atoms with E-state index in [4.69, 9.17) is 4.74 Å². The van der Waals surface area contributed by atoms with Crippen molar-refractivity contribution in [3.05, 3.63) is 34.9 Å². The van der Waals surface area contributed by atoms with Crippen molar-refractivity contribution in [1.82, 2.24) is 4.90 Å². The summed E-state index contributed by atoms with van der Waals surface area (Å²) >= 11 is 0. The van der Waals surface area contributed by atoms with E-state index in [1.54, 1.807) is 0 Å². The Bertz CT molecular complexity index is 615. The first kappa shape index (κ1) is 16.1. The number of aliphatic hydroxyl groups excluding tert-OH is 1. The number of hydrogen-bond donors (Lipinski definition) is 1. The molecule has 1 N–H and O–H groups in total. The third-order valence-corrected chi connectivity index (χ3v) is 5.99. The van der Waals surface area contributed by atoms with Crippen LogP contribution in [0.4, 0.5) is 0 Å².